The predicted molar refractivity (Wildman–Crippen MR) is 101 cm³/mol. The molecule has 0 radical (unpaired) electrons. The number of hydrogen-bond acceptors (Lipinski definition) is 3. The summed E-state index contributed by atoms with van der Waals surface area (Å²) in [6.45, 7) is 8.08. The van der Waals surface area contributed by atoms with Gasteiger partial charge in [-0.1, -0.05) is 36.4 Å². The van der Waals surface area contributed by atoms with E-state index in [1.807, 2.05) is 18.2 Å². The van der Waals surface area contributed by atoms with Crippen molar-refractivity contribution in [3.8, 4) is 5.75 Å². The summed E-state index contributed by atoms with van der Waals surface area (Å²) in [6, 6.07) is 16.5. The van der Waals surface area contributed by atoms with Crippen molar-refractivity contribution in [3.05, 3.63) is 59.7 Å². The Balaban J connectivity index is 1.45. The van der Waals surface area contributed by atoms with Gasteiger partial charge < -0.3 is 4.74 Å². The molecule has 0 atom stereocenters. The number of nitrogens with zero attached hydrogens (tertiary/aromatic N) is 2. The Morgan fingerprint density at radius 1 is 0.917 bits per heavy atom. The van der Waals surface area contributed by atoms with E-state index in [9.17, 15) is 0 Å². The van der Waals surface area contributed by atoms with Gasteiger partial charge in [-0.2, -0.15) is 0 Å². The zero-order valence-corrected chi connectivity index (χ0v) is 14.7. The molecule has 2 aromatic rings. The van der Waals surface area contributed by atoms with Crippen LogP contribution in [0.3, 0.4) is 0 Å². The molecule has 1 aliphatic heterocycles. The molecule has 0 aromatic heterocycles. The van der Waals surface area contributed by atoms with Gasteiger partial charge in [-0.3, -0.25) is 9.89 Å². The number of piperidine rings is 1. The van der Waals surface area contributed by atoms with Crippen molar-refractivity contribution in [1.29, 1.82) is 0 Å². The monoisotopic (exact) mass is 322 g/mol. The lowest BCUT2D eigenvalue weighted by atomic mass is 10.1. The summed E-state index contributed by atoms with van der Waals surface area (Å²) in [5.74, 6) is 1.04. The molecule has 3 nitrogen and oxygen atoms in total. The Labute approximate surface area is 145 Å². The van der Waals surface area contributed by atoms with Crippen LogP contribution in [0.4, 0.5) is 5.69 Å². The summed E-state index contributed by atoms with van der Waals surface area (Å²) < 4.78 is 6.02. The molecule has 0 N–H and O–H groups in total. The van der Waals surface area contributed by atoms with E-state index in [2.05, 4.69) is 49.1 Å². The standard InChI is InChI=1S/C21H26N2O/c1-17-7-6-8-18(2)21(17)24-16-15-23-13-11-20(12-14-23)22-19-9-4-3-5-10-19/h3-10H,11-16H2,1-2H3. The summed E-state index contributed by atoms with van der Waals surface area (Å²) in [7, 11) is 0. The zero-order chi connectivity index (χ0) is 16.8. The summed E-state index contributed by atoms with van der Waals surface area (Å²) >= 11 is 0. The highest BCUT2D eigenvalue weighted by Gasteiger charge is 2.15. The molecule has 126 valence electrons. The van der Waals surface area contributed by atoms with Crippen LogP contribution in [0.1, 0.15) is 24.0 Å². The van der Waals surface area contributed by atoms with E-state index in [1.165, 1.54) is 16.8 Å². The van der Waals surface area contributed by atoms with Gasteiger partial charge in [-0.25, -0.2) is 0 Å². The van der Waals surface area contributed by atoms with Crippen LogP contribution in [0.25, 0.3) is 0 Å². The van der Waals surface area contributed by atoms with E-state index in [-0.39, 0.29) is 0 Å². The second kappa shape index (κ2) is 8.11. The van der Waals surface area contributed by atoms with Crippen molar-refractivity contribution in [1.82, 2.24) is 4.90 Å². The molecule has 1 heterocycles. The first kappa shape index (κ1) is 16.7. The Kier molecular flexibility index (Phi) is 5.65. The van der Waals surface area contributed by atoms with Gasteiger partial charge in [0, 0.05) is 25.3 Å². The number of para-hydroxylation sites is 2. The maximum absolute atomic E-state index is 6.02. The molecule has 0 spiro atoms. The first-order chi connectivity index (χ1) is 11.7. The first-order valence-electron chi connectivity index (χ1n) is 8.75. The molecule has 0 unspecified atom stereocenters. The quantitative estimate of drug-likeness (QED) is 0.806. The lowest BCUT2D eigenvalue weighted by Crippen LogP contribution is -2.36. The van der Waals surface area contributed by atoms with Crippen molar-refractivity contribution < 1.29 is 4.74 Å². The highest BCUT2D eigenvalue weighted by molar-refractivity contribution is 5.87. The average Bonchev–Trinajstić information content (AvgIpc) is 2.60. The van der Waals surface area contributed by atoms with Gasteiger partial charge in [-0.05, 0) is 49.9 Å². The lowest BCUT2D eigenvalue weighted by molar-refractivity contribution is 0.207. The van der Waals surface area contributed by atoms with E-state index in [0.717, 1.165) is 50.5 Å². The number of aliphatic imine (C=N–C) groups is 1. The van der Waals surface area contributed by atoms with Crippen LogP contribution in [0, 0.1) is 13.8 Å². The molecular weight excluding hydrogens is 296 g/mol. The number of rotatable bonds is 5. The molecule has 0 bridgehead atoms. The molecule has 1 aliphatic rings. The Morgan fingerprint density at radius 2 is 1.58 bits per heavy atom. The average molecular weight is 322 g/mol. The minimum Gasteiger partial charge on any atom is -0.492 e. The van der Waals surface area contributed by atoms with Crippen LogP contribution in [0.5, 0.6) is 5.75 Å². The third kappa shape index (κ3) is 4.45. The van der Waals surface area contributed by atoms with Gasteiger partial charge in [0.05, 0.1) is 5.69 Å². The Hall–Kier alpha value is -2.13. The largest absolute Gasteiger partial charge is 0.492 e. The zero-order valence-electron chi connectivity index (χ0n) is 14.7. The number of aryl methyl sites for hydroxylation is 2. The fourth-order valence-corrected chi connectivity index (χ4v) is 3.14. The smallest absolute Gasteiger partial charge is 0.125 e. The van der Waals surface area contributed by atoms with Crippen molar-refractivity contribution >= 4 is 11.4 Å². The minimum absolute atomic E-state index is 0.747. The third-order valence-corrected chi connectivity index (χ3v) is 4.54. The number of ether oxygens (including phenoxy) is 1. The Morgan fingerprint density at radius 3 is 2.25 bits per heavy atom. The van der Waals surface area contributed by atoms with Crippen LogP contribution >= 0.6 is 0 Å². The summed E-state index contributed by atoms with van der Waals surface area (Å²) in [4.78, 5) is 7.23. The normalized spacial score (nSPS) is 15.3. The van der Waals surface area contributed by atoms with Crippen LogP contribution in [0.2, 0.25) is 0 Å². The highest BCUT2D eigenvalue weighted by Crippen LogP contribution is 2.22. The molecule has 0 amide bonds. The maximum Gasteiger partial charge on any atom is 0.125 e. The van der Waals surface area contributed by atoms with E-state index in [0.29, 0.717) is 0 Å². The lowest BCUT2D eigenvalue weighted by Gasteiger charge is -2.27. The molecule has 3 rings (SSSR count). The second-order valence-electron chi connectivity index (χ2n) is 6.42. The van der Waals surface area contributed by atoms with Gasteiger partial charge in [0.2, 0.25) is 0 Å². The highest BCUT2D eigenvalue weighted by atomic mass is 16.5. The first-order valence-corrected chi connectivity index (χ1v) is 8.75. The molecule has 24 heavy (non-hydrogen) atoms. The predicted octanol–water partition coefficient (Wildman–Crippen LogP) is 4.55. The fourth-order valence-electron chi connectivity index (χ4n) is 3.14. The van der Waals surface area contributed by atoms with E-state index in [1.54, 1.807) is 0 Å². The van der Waals surface area contributed by atoms with Crippen LogP contribution in [0.15, 0.2) is 53.5 Å². The van der Waals surface area contributed by atoms with E-state index >= 15 is 0 Å². The summed E-state index contributed by atoms with van der Waals surface area (Å²) in [6.07, 6.45) is 2.11. The van der Waals surface area contributed by atoms with Crippen molar-refractivity contribution in [2.45, 2.75) is 26.7 Å². The van der Waals surface area contributed by atoms with Crippen LogP contribution in [-0.2, 0) is 0 Å². The van der Waals surface area contributed by atoms with Gasteiger partial charge in [-0.15, -0.1) is 0 Å². The van der Waals surface area contributed by atoms with Crippen molar-refractivity contribution in [2.24, 2.45) is 4.99 Å². The molecule has 1 fully saturated rings. The SMILES string of the molecule is Cc1cccc(C)c1OCCN1CCC(=Nc2ccccc2)CC1. The van der Waals surface area contributed by atoms with Crippen molar-refractivity contribution in [2.75, 3.05) is 26.2 Å². The molecular formula is C21H26N2O. The van der Waals surface area contributed by atoms with Gasteiger partial charge in [0.15, 0.2) is 0 Å². The molecule has 1 saturated heterocycles. The van der Waals surface area contributed by atoms with Gasteiger partial charge in [0.1, 0.15) is 12.4 Å². The van der Waals surface area contributed by atoms with Crippen LogP contribution in [-0.4, -0.2) is 36.9 Å². The summed E-state index contributed by atoms with van der Waals surface area (Å²) in [5.41, 5.74) is 4.81. The minimum atomic E-state index is 0.747. The molecule has 2 aromatic carbocycles. The van der Waals surface area contributed by atoms with Gasteiger partial charge >= 0.3 is 0 Å². The molecule has 0 saturated carbocycles. The summed E-state index contributed by atoms with van der Waals surface area (Å²) in [5, 5.41) is 0. The second-order valence-corrected chi connectivity index (χ2v) is 6.42. The third-order valence-electron chi connectivity index (χ3n) is 4.54. The topological polar surface area (TPSA) is 24.8 Å². The molecule has 0 aliphatic carbocycles. The maximum atomic E-state index is 6.02. The van der Waals surface area contributed by atoms with E-state index < -0.39 is 0 Å². The van der Waals surface area contributed by atoms with E-state index in [4.69, 9.17) is 9.73 Å². The van der Waals surface area contributed by atoms with Gasteiger partial charge in [0.25, 0.3) is 0 Å². The Bertz CT molecular complexity index is 664. The van der Waals surface area contributed by atoms with Crippen LogP contribution < -0.4 is 4.74 Å². The number of hydrogen-bond donors (Lipinski definition) is 0. The van der Waals surface area contributed by atoms with Crippen molar-refractivity contribution in [3.63, 3.8) is 0 Å². The fraction of sp³-hybridized carbons (Fsp3) is 0.381. The number of benzene rings is 2. The molecule has 3 heteroatoms. The number of likely N-dealkylation sites (tertiary alicyclic amines) is 1.